The highest BCUT2D eigenvalue weighted by atomic mass is 16.5. The van der Waals surface area contributed by atoms with Gasteiger partial charge in [-0.15, -0.1) is 0 Å². The van der Waals surface area contributed by atoms with E-state index >= 15 is 0 Å². The number of rotatable bonds is 7. The van der Waals surface area contributed by atoms with Crippen molar-refractivity contribution in [2.45, 2.75) is 32.1 Å². The van der Waals surface area contributed by atoms with Crippen LogP contribution in [0.3, 0.4) is 0 Å². The lowest BCUT2D eigenvalue weighted by atomic mass is 10.3. The molecule has 1 aromatic rings. The number of hydrogen-bond acceptors (Lipinski definition) is 5. The summed E-state index contributed by atoms with van der Waals surface area (Å²) in [7, 11) is 1.96. The second kappa shape index (κ2) is 6.71. The summed E-state index contributed by atoms with van der Waals surface area (Å²) in [4.78, 5) is 6.87. The predicted octanol–water partition coefficient (Wildman–Crippen LogP) is 0.860. The van der Waals surface area contributed by atoms with Crippen molar-refractivity contribution in [3.8, 4) is 0 Å². The number of nitrogens with one attached hydrogen (secondary N) is 1. The normalized spacial score (nSPS) is 16.8. The van der Waals surface area contributed by atoms with E-state index in [4.69, 9.17) is 4.52 Å². The van der Waals surface area contributed by atoms with Crippen LogP contribution in [0.4, 0.5) is 0 Å². The lowest BCUT2D eigenvalue weighted by molar-refractivity contribution is 0.310. The smallest absolute Gasteiger partial charge is 0.227 e. The van der Waals surface area contributed by atoms with Crippen molar-refractivity contribution in [3.63, 3.8) is 0 Å². The largest absolute Gasteiger partial charge is 0.339 e. The Hall–Kier alpha value is -0.940. The molecule has 5 nitrogen and oxygen atoms in total. The first kappa shape index (κ1) is 12.5. The number of aryl methyl sites for hydroxylation is 1. The minimum absolute atomic E-state index is 0.788. The van der Waals surface area contributed by atoms with E-state index in [9.17, 15) is 0 Å². The molecule has 0 radical (unpaired) electrons. The van der Waals surface area contributed by atoms with Gasteiger partial charge in [0.25, 0.3) is 0 Å². The van der Waals surface area contributed by atoms with Crippen molar-refractivity contribution in [1.29, 1.82) is 0 Å². The summed E-state index contributed by atoms with van der Waals surface area (Å²) in [5, 5.41) is 7.11. The van der Waals surface area contributed by atoms with E-state index < -0.39 is 0 Å². The molecule has 1 aliphatic heterocycles. The van der Waals surface area contributed by atoms with Crippen LogP contribution < -0.4 is 5.32 Å². The molecule has 1 aromatic heterocycles. The van der Waals surface area contributed by atoms with Gasteiger partial charge < -0.3 is 14.7 Å². The van der Waals surface area contributed by atoms with Crippen LogP contribution in [0.1, 0.15) is 31.0 Å². The molecule has 0 unspecified atom stereocenters. The Bertz CT molecular complexity index is 320. The Morgan fingerprint density at radius 3 is 2.88 bits per heavy atom. The SMILES string of the molecule is CNCCCc1noc(CCN2CCCC2)n1. The zero-order chi connectivity index (χ0) is 11.9. The third-order valence-electron chi connectivity index (χ3n) is 3.18. The van der Waals surface area contributed by atoms with E-state index in [2.05, 4.69) is 20.4 Å². The summed E-state index contributed by atoms with van der Waals surface area (Å²) in [6.07, 6.45) is 5.51. The molecular formula is C12H22N4O. The zero-order valence-electron chi connectivity index (χ0n) is 10.6. The quantitative estimate of drug-likeness (QED) is 0.714. The average Bonchev–Trinajstić information content (AvgIpc) is 2.98. The van der Waals surface area contributed by atoms with Gasteiger partial charge in [0.15, 0.2) is 5.82 Å². The number of likely N-dealkylation sites (tertiary alicyclic amines) is 1. The van der Waals surface area contributed by atoms with Crippen LogP contribution in [0.5, 0.6) is 0 Å². The molecule has 5 heteroatoms. The van der Waals surface area contributed by atoms with E-state index in [1.54, 1.807) is 0 Å². The highest BCUT2D eigenvalue weighted by molar-refractivity contribution is 4.87. The van der Waals surface area contributed by atoms with Crippen molar-refractivity contribution in [2.24, 2.45) is 0 Å². The van der Waals surface area contributed by atoms with Gasteiger partial charge in [-0.25, -0.2) is 0 Å². The van der Waals surface area contributed by atoms with Crippen molar-refractivity contribution in [2.75, 3.05) is 33.2 Å². The molecule has 1 fully saturated rings. The molecule has 17 heavy (non-hydrogen) atoms. The minimum Gasteiger partial charge on any atom is -0.339 e. The van der Waals surface area contributed by atoms with Crippen LogP contribution in [0.25, 0.3) is 0 Å². The van der Waals surface area contributed by atoms with Crippen LogP contribution in [0.15, 0.2) is 4.52 Å². The molecule has 1 saturated heterocycles. The molecule has 0 spiro atoms. The van der Waals surface area contributed by atoms with Gasteiger partial charge in [-0.1, -0.05) is 5.16 Å². The van der Waals surface area contributed by atoms with Gasteiger partial charge in [-0.3, -0.25) is 0 Å². The molecule has 1 N–H and O–H groups in total. The van der Waals surface area contributed by atoms with Crippen LogP contribution in [0, 0.1) is 0 Å². The Kier molecular flexibility index (Phi) is 4.94. The molecule has 1 aliphatic rings. The van der Waals surface area contributed by atoms with Gasteiger partial charge in [-0.2, -0.15) is 4.98 Å². The first-order chi connectivity index (χ1) is 8.38. The summed E-state index contributed by atoms with van der Waals surface area (Å²) in [5.74, 6) is 1.63. The fraction of sp³-hybridized carbons (Fsp3) is 0.833. The van der Waals surface area contributed by atoms with Gasteiger partial charge in [0.2, 0.25) is 5.89 Å². The predicted molar refractivity (Wildman–Crippen MR) is 65.9 cm³/mol. The monoisotopic (exact) mass is 238 g/mol. The number of nitrogens with zero attached hydrogens (tertiary/aromatic N) is 3. The lowest BCUT2D eigenvalue weighted by Crippen LogP contribution is -2.22. The fourth-order valence-corrected chi connectivity index (χ4v) is 2.18. The maximum Gasteiger partial charge on any atom is 0.227 e. The molecule has 0 aliphatic carbocycles. The third kappa shape index (κ3) is 4.09. The molecule has 2 rings (SSSR count). The second-order valence-electron chi connectivity index (χ2n) is 4.61. The van der Waals surface area contributed by atoms with E-state index in [-0.39, 0.29) is 0 Å². The van der Waals surface area contributed by atoms with Crippen LogP contribution in [-0.4, -0.2) is 48.3 Å². The van der Waals surface area contributed by atoms with Crippen molar-refractivity contribution in [1.82, 2.24) is 20.4 Å². The molecule has 0 saturated carbocycles. The zero-order valence-corrected chi connectivity index (χ0v) is 10.6. The van der Waals surface area contributed by atoms with Crippen LogP contribution >= 0.6 is 0 Å². The van der Waals surface area contributed by atoms with Crippen LogP contribution in [0.2, 0.25) is 0 Å². The maximum absolute atomic E-state index is 5.25. The van der Waals surface area contributed by atoms with Gasteiger partial charge >= 0.3 is 0 Å². The molecule has 0 amide bonds. The summed E-state index contributed by atoms with van der Waals surface area (Å²) in [5.41, 5.74) is 0. The van der Waals surface area contributed by atoms with Gasteiger partial charge in [0.05, 0.1) is 0 Å². The first-order valence-electron chi connectivity index (χ1n) is 6.57. The third-order valence-corrected chi connectivity index (χ3v) is 3.18. The lowest BCUT2D eigenvalue weighted by Gasteiger charge is -2.11. The van der Waals surface area contributed by atoms with Gasteiger partial charge in [0.1, 0.15) is 0 Å². The summed E-state index contributed by atoms with van der Waals surface area (Å²) in [6.45, 7) is 4.50. The minimum atomic E-state index is 0.788. The topological polar surface area (TPSA) is 54.2 Å². The Labute approximate surface area is 103 Å². The molecule has 0 aromatic carbocycles. The van der Waals surface area contributed by atoms with E-state index in [1.165, 1.54) is 25.9 Å². The molecule has 2 heterocycles. The first-order valence-corrected chi connectivity index (χ1v) is 6.57. The van der Waals surface area contributed by atoms with Crippen molar-refractivity contribution < 1.29 is 4.52 Å². The molecule has 0 atom stereocenters. The number of aromatic nitrogens is 2. The van der Waals surface area contributed by atoms with E-state index in [0.717, 1.165) is 44.1 Å². The molecular weight excluding hydrogens is 216 g/mol. The summed E-state index contributed by atoms with van der Waals surface area (Å²) >= 11 is 0. The highest BCUT2D eigenvalue weighted by Crippen LogP contribution is 2.08. The second-order valence-corrected chi connectivity index (χ2v) is 4.61. The fourth-order valence-electron chi connectivity index (χ4n) is 2.18. The van der Waals surface area contributed by atoms with Gasteiger partial charge in [0, 0.05) is 19.4 Å². The summed E-state index contributed by atoms with van der Waals surface area (Å²) < 4.78 is 5.25. The Morgan fingerprint density at radius 2 is 2.12 bits per heavy atom. The van der Waals surface area contributed by atoms with E-state index in [0.29, 0.717) is 0 Å². The molecule has 96 valence electrons. The van der Waals surface area contributed by atoms with Crippen molar-refractivity contribution >= 4 is 0 Å². The summed E-state index contributed by atoms with van der Waals surface area (Å²) in [6, 6.07) is 0. The highest BCUT2D eigenvalue weighted by Gasteiger charge is 2.13. The van der Waals surface area contributed by atoms with Crippen LogP contribution in [-0.2, 0) is 12.8 Å². The average molecular weight is 238 g/mol. The Balaban J connectivity index is 1.69. The van der Waals surface area contributed by atoms with Gasteiger partial charge in [-0.05, 0) is 45.9 Å². The van der Waals surface area contributed by atoms with Crippen molar-refractivity contribution in [3.05, 3.63) is 11.7 Å². The Morgan fingerprint density at radius 1 is 1.29 bits per heavy atom. The number of hydrogen-bond donors (Lipinski definition) is 1. The van der Waals surface area contributed by atoms with E-state index in [1.807, 2.05) is 7.05 Å². The molecule has 0 bridgehead atoms. The standard InChI is InChI=1S/C12H22N4O/c1-13-7-4-5-11-14-12(17-15-11)6-10-16-8-2-3-9-16/h13H,2-10H2,1H3. The maximum atomic E-state index is 5.25.